The normalized spacial score (nSPS) is 26.0. The van der Waals surface area contributed by atoms with Crippen molar-refractivity contribution in [3.63, 3.8) is 0 Å². The lowest BCUT2D eigenvalue weighted by Crippen LogP contribution is -2.39. The van der Waals surface area contributed by atoms with Crippen LogP contribution in [-0.2, 0) is 4.74 Å². The fraction of sp³-hybridized carbons (Fsp3) is 0.667. The molecule has 1 aromatic carbocycles. The van der Waals surface area contributed by atoms with E-state index in [-0.39, 0.29) is 11.7 Å². The maximum absolute atomic E-state index is 10.7. The van der Waals surface area contributed by atoms with E-state index in [0.29, 0.717) is 5.92 Å². The van der Waals surface area contributed by atoms with E-state index in [0.717, 1.165) is 25.0 Å². The molecule has 2 unspecified atom stereocenters. The Morgan fingerprint density at radius 1 is 1.19 bits per heavy atom. The number of hydrogen-bond donors (Lipinski definition) is 1. The SMILES string of the molecule is CN(C)c1ccc(C(O)C2CCOC3(CCCC3)C2)cc1. The molecule has 2 aliphatic rings. The van der Waals surface area contributed by atoms with E-state index >= 15 is 0 Å². The van der Waals surface area contributed by atoms with Crippen molar-refractivity contribution in [2.45, 2.75) is 50.2 Å². The predicted molar refractivity (Wildman–Crippen MR) is 85.6 cm³/mol. The number of hydrogen-bond acceptors (Lipinski definition) is 3. The quantitative estimate of drug-likeness (QED) is 0.924. The molecule has 0 amide bonds. The Bertz CT molecular complexity index is 463. The zero-order valence-electron chi connectivity index (χ0n) is 13.2. The molecule has 3 rings (SSSR count). The van der Waals surface area contributed by atoms with Crippen LogP contribution in [0.25, 0.3) is 0 Å². The van der Waals surface area contributed by atoms with Crippen molar-refractivity contribution in [3.05, 3.63) is 29.8 Å². The van der Waals surface area contributed by atoms with E-state index in [1.165, 1.54) is 31.4 Å². The maximum atomic E-state index is 10.7. The van der Waals surface area contributed by atoms with Gasteiger partial charge in [0, 0.05) is 26.4 Å². The van der Waals surface area contributed by atoms with Gasteiger partial charge in [-0.2, -0.15) is 0 Å². The van der Waals surface area contributed by atoms with Crippen LogP contribution in [0.4, 0.5) is 5.69 Å². The summed E-state index contributed by atoms with van der Waals surface area (Å²) < 4.78 is 6.08. The monoisotopic (exact) mass is 289 g/mol. The minimum atomic E-state index is -0.359. The molecule has 0 radical (unpaired) electrons. The van der Waals surface area contributed by atoms with Gasteiger partial charge in [0.15, 0.2) is 0 Å². The molecular formula is C18H27NO2. The topological polar surface area (TPSA) is 32.7 Å². The van der Waals surface area contributed by atoms with Crippen LogP contribution in [0.3, 0.4) is 0 Å². The number of aliphatic hydroxyl groups excluding tert-OH is 1. The molecule has 1 aliphatic carbocycles. The van der Waals surface area contributed by atoms with Crippen LogP contribution in [0.2, 0.25) is 0 Å². The molecule has 3 nitrogen and oxygen atoms in total. The first kappa shape index (κ1) is 14.9. The zero-order chi connectivity index (χ0) is 14.9. The largest absolute Gasteiger partial charge is 0.388 e. The number of anilines is 1. The molecule has 1 aromatic rings. The third-order valence-electron chi connectivity index (χ3n) is 5.24. The second kappa shape index (κ2) is 5.98. The third-order valence-corrected chi connectivity index (χ3v) is 5.24. The summed E-state index contributed by atoms with van der Waals surface area (Å²) in [6.07, 6.45) is 6.54. The Morgan fingerprint density at radius 2 is 1.86 bits per heavy atom. The van der Waals surface area contributed by atoms with Gasteiger partial charge >= 0.3 is 0 Å². The number of benzene rings is 1. The molecule has 2 atom stereocenters. The zero-order valence-corrected chi connectivity index (χ0v) is 13.2. The summed E-state index contributed by atoms with van der Waals surface area (Å²) in [6.45, 7) is 0.803. The number of aliphatic hydroxyl groups is 1. The first-order valence-electron chi connectivity index (χ1n) is 8.19. The highest BCUT2D eigenvalue weighted by Gasteiger charge is 2.41. The highest BCUT2D eigenvalue weighted by Crippen LogP contribution is 2.45. The van der Waals surface area contributed by atoms with Crippen molar-refractivity contribution in [2.75, 3.05) is 25.6 Å². The highest BCUT2D eigenvalue weighted by molar-refractivity contribution is 5.46. The molecule has 0 bridgehead atoms. The summed E-state index contributed by atoms with van der Waals surface area (Å²) in [4.78, 5) is 2.08. The minimum Gasteiger partial charge on any atom is -0.388 e. The average Bonchev–Trinajstić information content (AvgIpc) is 2.94. The summed E-state index contributed by atoms with van der Waals surface area (Å²) in [6, 6.07) is 8.31. The van der Waals surface area contributed by atoms with E-state index in [2.05, 4.69) is 29.2 Å². The summed E-state index contributed by atoms with van der Waals surface area (Å²) >= 11 is 0. The van der Waals surface area contributed by atoms with Gasteiger partial charge in [0.05, 0.1) is 11.7 Å². The van der Waals surface area contributed by atoms with Gasteiger partial charge in [-0.15, -0.1) is 0 Å². The van der Waals surface area contributed by atoms with Crippen molar-refractivity contribution in [3.8, 4) is 0 Å². The van der Waals surface area contributed by atoms with Crippen LogP contribution >= 0.6 is 0 Å². The summed E-state index contributed by atoms with van der Waals surface area (Å²) in [5, 5.41) is 10.7. The molecule has 1 saturated heterocycles. The molecule has 3 heteroatoms. The highest BCUT2D eigenvalue weighted by atomic mass is 16.5. The average molecular weight is 289 g/mol. The second-order valence-electron chi connectivity index (χ2n) is 6.92. The first-order valence-corrected chi connectivity index (χ1v) is 8.19. The fourth-order valence-corrected chi connectivity index (χ4v) is 3.94. The third kappa shape index (κ3) is 3.09. The molecular weight excluding hydrogens is 262 g/mol. The first-order chi connectivity index (χ1) is 10.1. The molecule has 0 aromatic heterocycles. The van der Waals surface area contributed by atoms with Gasteiger partial charge in [-0.25, -0.2) is 0 Å². The van der Waals surface area contributed by atoms with Crippen LogP contribution in [0, 0.1) is 5.92 Å². The summed E-state index contributed by atoms with van der Waals surface area (Å²) in [5.74, 6) is 0.335. The van der Waals surface area contributed by atoms with Crippen LogP contribution in [0.1, 0.15) is 50.2 Å². The summed E-state index contributed by atoms with van der Waals surface area (Å²) in [5.41, 5.74) is 2.29. The number of ether oxygens (including phenoxy) is 1. The molecule has 21 heavy (non-hydrogen) atoms. The van der Waals surface area contributed by atoms with Gasteiger partial charge in [-0.3, -0.25) is 0 Å². The molecule has 1 spiro atoms. The molecule has 116 valence electrons. The predicted octanol–water partition coefficient (Wildman–Crippen LogP) is 3.53. The van der Waals surface area contributed by atoms with Gasteiger partial charge < -0.3 is 14.7 Å². The van der Waals surface area contributed by atoms with Crippen LogP contribution < -0.4 is 4.90 Å². The number of rotatable bonds is 3. The maximum Gasteiger partial charge on any atom is 0.0820 e. The lowest BCUT2D eigenvalue weighted by molar-refractivity contribution is -0.113. The van der Waals surface area contributed by atoms with Gasteiger partial charge in [-0.1, -0.05) is 25.0 Å². The van der Waals surface area contributed by atoms with E-state index in [9.17, 15) is 5.11 Å². The summed E-state index contributed by atoms with van der Waals surface area (Å²) in [7, 11) is 4.07. The lowest BCUT2D eigenvalue weighted by Gasteiger charge is -2.40. The fourth-order valence-electron chi connectivity index (χ4n) is 3.94. The minimum absolute atomic E-state index is 0.0769. The van der Waals surface area contributed by atoms with E-state index in [1.807, 2.05) is 14.1 Å². The van der Waals surface area contributed by atoms with Crippen molar-refractivity contribution in [1.29, 1.82) is 0 Å². The van der Waals surface area contributed by atoms with Gasteiger partial charge in [0.1, 0.15) is 0 Å². The van der Waals surface area contributed by atoms with Crippen molar-refractivity contribution in [1.82, 2.24) is 0 Å². The molecule has 1 saturated carbocycles. The van der Waals surface area contributed by atoms with Crippen molar-refractivity contribution >= 4 is 5.69 Å². The lowest BCUT2D eigenvalue weighted by atomic mass is 9.80. The van der Waals surface area contributed by atoms with Crippen molar-refractivity contribution < 1.29 is 9.84 Å². The van der Waals surface area contributed by atoms with E-state index in [4.69, 9.17) is 4.74 Å². The Kier molecular flexibility index (Phi) is 4.23. The Labute approximate surface area is 127 Å². The smallest absolute Gasteiger partial charge is 0.0820 e. The molecule has 1 aliphatic heterocycles. The molecule has 2 fully saturated rings. The standard InChI is InChI=1S/C18H27NO2/c1-19(2)16-7-5-14(6-8-16)17(20)15-9-12-21-18(13-15)10-3-4-11-18/h5-8,15,17,20H,3-4,9-13H2,1-2H3. The van der Waals surface area contributed by atoms with Crippen molar-refractivity contribution in [2.24, 2.45) is 5.92 Å². The van der Waals surface area contributed by atoms with E-state index in [1.54, 1.807) is 0 Å². The second-order valence-corrected chi connectivity index (χ2v) is 6.92. The van der Waals surface area contributed by atoms with Crippen LogP contribution in [0.5, 0.6) is 0 Å². The Hall–Kier alpha value is -1.06. The van der Waals surface area contributed by atoms with Gasteiger partial charge in [-0.05, 0) is 49.3 Å². The Morgan fingerprint density at radius 3 is 2.48 bits per heavy atom. The van der Waals surface area contributed by atoms with Crippen LogP contribution in [0.15, 0.2) is 24.3 Å². The van der Waals surface area contributed by atoms with Gasteiger partial charge in [0.2, 0.25) is 0 Å². The molecule has 1 N–H and O–H groups in total. The molecule has 1 heterocycles. The van der Waals surface area contributed by atoms with Gasteiger partial charge in [0.25, 0.3) is 0 Å². The van der Waals surface area contributed by atoms with Crippen LogP contribution in [-0.4, -0.2) is 31.4 Å². The number of nitrogens with zero attached hydrogens (tertiary/aromatic N) is 1. The Balaban J connectivity index is 1.70. The van der Waals surface area contributed by atoms with E-state index < -0.39 is 0 Å².